The Kier molecular flexibility index (Phi) is 6.41. The standard InChI is InChI=1S/C20H21F3N2O3/c1-27-18-7-4-16(21)12-15(18)13-24-8-10-25(11-9-24)19(26)14-2-5-17(6-3-14)28-20(22)23/h2-7,12,20H,8-11,13H2,1H3. The molecule has 1 aliphatic rings. The highest BCUT2D eigenvalue weighted by molar-refractivity contribution is 5.94. The van der Waals surface area contributed by atoms with Crippen LogP contribution in [-0.2, 0) is 6.54 Å². The molecule has 28 heavy (non-hydrogen) atoms. The average molecular weight is 394 g/mol. The van der Waals surface area contributed by atoms with E-state index in [4.69, 9.17) is 4.74 Å². The van der Waals surface area contributed by atoms with Crippen LogP contribution >= 0.6 is 0 Å². The second kappa shape index (κ2) is 8.97. The molecule has 0 aromatic heterocycles. The predicted octanol–water partition coefficient (Wildman–Crippen LogP) is 3.39. The highest BCUT2D eigenvalue weighted by atomic mass is 19.3. The summed E-state index contributed by atoms with van der Waals surface area (Å²) in [5.74, 6) is 0.168. The Hall–Kier alpha value is -2.74. The molecule has 150 valence electrons. The summed E-state index contributed by atoms with van der Waals surface area (Å²) < 4.78 is 47.5. The van der Waals surface area contributed by atoms with E-state index in [9.17, 15) is 18.0 Å². The van der Waals surface area contributed by atoms with Gasteiger partial charge in [-0.1, -0.05) is 0 Å². The Morgan fingerprint density at radius 2 is 1.75 bits per heavy atom. The van der Waals surface area contributed by atoms with Gasteiger partial charge in [-0.25, -0.2) is 4.39 Å². The number of carbonyl (C=O) groups excluding carboxylic acids is 1. The zero-order valence-electron chi connectivity index (χ0n) is 15.4. The number of nitrogens with zero attached hydrogens (tertiary/aromatic N) is 2. The minimum atomic E-state index is -2.90. The monoisotopic (exact) mass is 394 g/mol. The molecule has 1 aliphatic heterocycles. The van der Waals surface area contributed by atoms with Crippen LogP contribution in [-0.4, -0.2) is 55.6 Å². The third-order valence-corrected chi connectivity index (χ3v) is 4.62. The molecule has 0 N–H and O–H groups in total. The van der Waals surface area contributed by atoms with E-state index in [1.807, 2.05) is 0 Å². The molecule has 0 bridgehead atoms. The largest absolute Gasteiger partial charge is 0.496 e. The summed E-state index contributed by atoms with van der Waals surface area (Å²) in [6, 6.07) is 10.1. The van der Waals surface area contributed by atoms with Crippen LogP contribution in [0.4, 0.5) is 13.2 Å². The molecule has 3 rings (SSSR count). The predicted molar refractivity (Wildman–Crippen MR) is 97.2 cm³/mol. The number of rotatable bonds is 6. The van der Waals surface area contributed by atoms with Crippen molar-refractivity contribution in [3.63, 3.8) is 0 Å². The third kappa shape index (κ3) is 4.95. The van der Waals surface area contributed by atoms with Crippen molar-refractivity contribution in [3.05, 3.63) is 59.4 Å². The number of ether oxygens (including phenoxy) is 2. The number of carbonyl (C=O) groups is 1. The first kappa shape index (κ1) is 20.0. The molecule has 0 unspecified atom stereocenters. The Labute approximate surface area is 161 Å². The molecule has 5 nitrogen and oxygen atoms in total. The van der Waals surface area contributed by atoms with Gasteiger partial charge in [-0.05, 0) is 42.5 Å². The second-order valence-corrected chi connectivity index (χ2v) is 6.43. The van der Waals surface area contributed by atoms with Crippen LogP contribution in [0.25, 0.3) is 0 Å². The van der Waals surface area contributed by atoms with E-state index in [2.05, 4.69) is 9.64 Å². The Bertz CT molecular complexity index is 807. The zero-order valence-corrected chi connectivity index (χ0v) is 15.4. The van der Waals surface area contributed by atoms with Gasteiger partial charge in [0.1, 0.15) is 17.3 Å². The van der Waals surface area contributed by atoms with Crippen LogP contribution in [0.5, 0.6) is 11.5 Å². The van der Waals surface area contributed by atoms with Gasteiger partial charge in [-0.2, -0.15) is 8.78 Å². The third-order valence-electron chi connectivity index (χ3n) is 4.62. The van der Waals surface area contributed by atoms with Gasteiger partial charge in [0.2, 0.25) is 0 Å². The summed E-state index contributed by atoms with van der Waals surface area (Å²) in [6.07, 6.45) is 0. The lowest BCUT2D eigenvalue weighted by Crippen LogP contribution is -2.48. The van der Waals surface area contributed by atoms with Gasteiger partial charge in [0.25, 0.3) is 5.91 Å². The molecular formula is C20H21F3N2O3. The fraction of sp³-hybridized carbons (Fsp3) is 0.350. The van der Waals surface area contributed by atoms with Crippen molar-refractivity contribution < 1.29 is 27.4 Å². The van der Waals surface area contributed by atoms with Crippen molar-refractivity contribution in [3.8, 4) is 11.5 Å². The maximum absolute atomic E-state index is 13.5. The van der Waals surface area contributed by atoms with E-state index in [0.29, 0.717) is 44.0 Å². The molecule has 2 aromatic carbocycles. The zero-order chi connectivity index (χ0) is 20.1. The van der Waals surface area contributed by atoms with E-state index >= 15 is 0 Å². The van der Waals surface area contributed by atoms with Gasteiger partial charge < -0.3 is 14.4 Å². The summed E-state index contributed by atoms with van der Waals surface area (Å²) in [5.41, 5.74) is 1.18. The minimum absolute atomic E-state index is 0.0143. The molecule has 1 fully saturated rings. The van der Waals surface area contributed by atoms with Crippen molar-refractivity contribution in [2.24, 2.45) is 0 Å². The van der Waals surface area contributed by atoms with Gasteiger partial charge in [0.05, 0.1) is 7.11 Å². The number of benzene rings is 2. The Morgan fingerprint density at radius 3 is 2.36 bits per heavy atom. The fourth-order valence-corrected chi connectivity index (χ4v) is 3.18. The average Bonchev–Trinajstić information content (AvgIpc) is 2.68. The SMILES string of the molecule is COc1ccc(F)cc1CN1CCN(C(=O)c2ccc(OC(F)F)cc2)CC1. The highest BCUT2D eigenvalue weighted by Crippen LogP contribution is 2.22. The van der Waals surface area contributed by atoms with Crippen LogP contribution in [0.1, 0.15) is 15.9 Å². The Morgan fingerprint density at radius 1 is 1.07 bits per heavy atom. The van der Waals surface area contributed by atoms with Crippen LogP contribution in [0.15, 0.2) is 42.5 Å². The van der Waals surface area contributed by atoms with Crippen molar-refractivity contribution in [1.82, 2.24) is 9.80 Å². The summed E-state index contributed by atoms with van der Waals surface area (Å²) >= 11 is 0. The smallest absolute Gasteiger partial charge is 0.387 e. The quantitative estimate of drug-likeness (QED) is 0.753. The number of alkyl halides is 2. The van der Waals surface area contributed by atoms with E-state index in [1.54, 1.807) is 18.1 Å². The number of amides is 1. The van der Waals surface area contributed by atoms with Crippen molar-refractivity contribution in [2.45, 2.75) is 13.2 Å². The maximum Gasteiger partial charge on any atom is 0.387 e. The van der Waals surface area contributed by atoms with Gasteiger partial charge in [0.15, 0.2) is 0 Å². The van der Waals surface area contributed by atoms with E-state index in [1.165, 1.54) is 36.4 Å². The first-order valence-electron chi connectivity index (χ1n) is 8.85. The minimum Gasteiger partial charge on any atom is -0.496 e. The van der Waals surface area contributed by atoms with Crippen molar-refractivity contribution >= 4 is 5.91 Å². The highest BCUT2D eigenvalue weighted by Gasteiger charge is 2.23. The number of piperazine rings is 1. The maximum atomic E-state index is 13.5. The van der Waals surface area contributed by atoms with Gasteiger partial charge in [-0.3, -0.25) is 9.69 Å². The van der Waals surface area contributed by atoms with Gasteiger partial charge in [0, 0.05) is 43.9 Å². The van der Waals surface area contributed by atoms with Crippen LogP contribution in [0.3, 0.4) is 0 Å². The van der Waals surface area contributed by atoms with E-state index < -0.39 is 6.61 Å². The van der Waals surface area contributed by atoms with Crippen LogP contribution < -0.4 is 9.47 Å². The first-order chi connectivity index (χ1) is 13.5. The Balaban J connectivity index is 1.56. The molecule has 1 saturated heterocycles. The van der Waals surface area contributed by atoms with Crippen LogP contribution in [0.2, 0.25) is 0 Å². The molecule has 0 saturated carbocycles. The summed E-state index contributed by atoms with van der Waals surface area (Å²) in [6.45, 7) is -0.0536. The van der Waals surface area contributed by atoms with Gasteiger partial charge >= 0.3 is 6.61 Å². The molecule has 0 aliphatic carbocycles. The number of methoxy groups -OCH3 is 1. The summed E-state index contributed by atoms with van der Waals surface area (Å²) in [4.78, 5) is 16.4. The van der Waals surface area contributed by atoms with Gasteiger partial charge in [-0.15, -0.1) is 0 Å². The van der Waals surface area contributed by atoms with Crippen molar-refractivity contribution in [2.75, 3.05) is 33.3 Å². The lowest BCUT2D eigenvalue weighted by molar-refractivity contribution is -0.0498. The molecule has 1 heterocycles. The molecule has 0 spiro atoms. The number of hydrogen-bond donors (Lipinski definition) is 0. The second-order valence-electron chi connectivity index (χ2n) is 6.43. The summed E-state index contributed by atoms with van der Waals surface area (Å²) in [5, 5.41) is 0. The topological polar surface area (TPSA) is 42.0 Å². The number of hydrogen-bond acceptors (Lipinski definition) is 4. The first-order valence-corrected chi connectivity index (χ1v) is 8.85. The molecule has 8 heteroatoms. The molecule has 0 radical (unpaired) electrons. The molecule has 1 amide bonds. The lowest BCUT2D eigenvalue weighted by Gasteiger charge is -2.35. The lowest BCUT2D eigenvalue weighted by atomic mass is 10.1. The molecule has 0 atom stereocenters. The normalized spacial score (nSPS) is 15.0. The van der Waals surface area contributed by atoms with Crippen LogP contribution in [0, 0.1) is 5.82 Å². The van der Waals surface area contributed by atoms with E-state index in [-0.39, 0.29) is 17.5 Å². The fourth-order valence-electron chi connectivity index (χ4n) is 3.18. The number of halogens is 3. The summed E-state index contributed by atoms with van der Waals surface area (Å²) in [7, 11) is 1.55. The van der Waals surface area contributed by atoms with Crippen molar-refractivity contribution in [1.29, 1.82) is 0 Å². The van der Waals surface area contributed by atoms with E-state index in [0.717, 1.165) is 5.56 Å². The molecular weight excluding hydrogens is 373 g/mol. The molecule has 2 aromatic rings.